The minimum Gasteiger partial charge on any atom is -0.394 e. The van der Waals surface area contributed by atoms with Crippen LogP contribution in [-0.4, -0.2) is 41.4 Å². The fourth-order valence-electron chi connectivity index (χ4n) is 0.530. The standard InChI is InChI=1S/C7H15NO2/c1-6(2)8(3)4-7(10)5-9/h7,9-10H,1,4-5H2,2-3H3. The van der Waals surface area contributed by atoms with Gasteiger partial charge in [-0.25, -0.2) is 0 Å². The van der Waals surface area contributed by atoms with Gasteiger partial charge in [-0.2, -0.15) is 0 Å². The van der Waals surface area contributed by atoms with Crippen LogP contribution >= 0.6 is 0 Å². The number of likely N-dealkylation sites (N-methyl/N-ethyl adjacent to an activating group) is 1. The SMILES string of the molecule is C=C(C)N(C)CC(O)CO. The van der Waals surface area contributed by atoms with E-state index in [0.717, 1.165) is 5.70 Å². The highest BCUT2D eigenvalue weighted by molar-refractivity contribution is 4.86. The van der Waals surface area contributed by atoms with E-state index in [0.29, 0.717) is 6.54 Å². The smallest absolute Gasteiger partial charge is 0.0945 e. The molecule has 0 aliphatic rings. The predicted octanol–water partition coefficient (Wildman–Crippen LogP) is -0.195. The van der Waals surface area contributed by atoms with Crippen molar-refractivity contribution >= 4 is 0 Å². The summed E-state index contributed by atoms with van der Waals surface area (Å²) in [5.41, 5.74) is 0.882. The fourth-order valence-corrected chi connectivity index (χ4v) is 0.530. The fraction of sp³-hybridized carbons (Fsp3) is 0.714. The minimum absolute atomic E-state index is 0.197. The summed E-state index contributed by atoms with van der Waals surface area (Å²) in [5, 5.41) is 17.4. The summed E-state index contributed by atoms with van der Waals surface area (Å²) in [6.07, 6.45) is -0.665. The Labute approximate surface area is 61.6 Å². The van der Waals surface area contributed by atoms with Crippen LogP contribution < -0.4 is 0 Å². The van der Waals surface area contributed by atoms with Gasteiger partial charge in [-0.3, -0.25) is 0 Å². The first-order valence-electron chi connectivity index (χ1n) is 3.23. The quantitative estimate of drug-likeness (QED) is 0.576. The molecule has 0 aromatic carbocycles. The molecule has 0 aromatic heterocycles. The van der Waals surface area contributed by atoms with E-state index in [9.17, 15) is 0 Å². The molecule has 0 spiro atoms. The lowest BCUT2D eigenvalue weighted by Gasteiger charge is -2.20. The molecule has 0 aromatic rings. The first kappa shape index (κ1) is 9.46. The van der Waals surface area contributed by atoms with Crippen LogP contribution in [0.1, 0.15) is 6.92 Å². The normalized spacial score (nSPS) is 12.8. The summed E-state index contributed by atoms with van der Waals surface area (Å²) >= 11 is 0. The van der Waals surface area contributed by atoms with Crippen molar-refractivity contribution in [3.05, 3.63) is 12.3 Å². The van der Waals surface area contributed by atoms with Crippen LogP contribution in [0.2, 0.25) is 0 Å². The Morgan fingerprint density at radius 1 is 1.70 bits per heavy atom. The Bertz CT molecular complexity index is 114. The van der Waals surface area contributed by atoms with Crippen LogP contribution in [-0.2, 0) is 0 Å². The summed E-state index contributed by atoms with van der Waals surface area (Å²) in [5.74, 6) is 0. The second-order valence-electron chi connectivity index (χ2n) is 2.45. The zero-order chi connectivity index (χ0) is 8.15. The monoisotopic (exact) mass is 145 g/mol. The maximum absolute atomic E-state index is 8.94. The van der Waals surface area contributed by atoms with E-state index in [1.54, 1.807) is 4.90 Å². The number of rotatable bonds is 4. The van der Waals surface area contributed by atoms with Gasteiger partial charge in [0.15, 0.2) is 0 Å². The first-order chi connectivity index (χ1) is 4.57. The first-order valence-corrected chi connectivity index (χ1v) is 3.23. The van der Waals surface area contributed by atoms with Crippen LogP contribution in [0, 0.1) is 0 Å². The zero-order valence-corrected chi connectivity index (χ0v) is 6.54. The van der Waals surface area contributed by atoms with Gasteiger partial charge in [0, 0.05) is 19.3 Å². The van der Waals surface area contributed by atoms with Crippen molar-refractivity contribution in [3.63, 3.8) is 0 Å². The van der Waals surface area contributed by atoms with E-state index in [1.165, 1.54) is 0 Å². The Hall–Kier alpha value is -0.540. The van der Waals surface area contributed by atoms with E-state index >= 15 is 0 Å². The molecule has 0 rings (SSSR count). The van der Waals surface area contributed by atoms with Crippen LogP contribution in [0.4, 0.5) is 0 Å². The molecule has 60 valence electrons. The van der Waals surface area contributed by atoms with Gasteiger partial charge in [0.2, 0.25) is 0 Å². The van der Waals surface area contributed by atoms with Gasteiger partial charge in [-0.1, -0.05) is 6.58 Å². The van der Waals surface area contributed by atoms with Gasteiger partial charge in [0.05, 0.1) is 12.7 Å². The Morgan fingerprint density at radius 3 is 2.50 bits per heavy atom. The lowest BCUT2D eigenvalue weighted by Crippen LogP contribution is -2.29. The summed E-state index contributed by atoms with van der Waals surface area (Å²) < 4.78 is 0. The number of hydrogen-bond donors (Lipinski definition) is 2. The van der Waals surface area contributed by atoms with Crippen molar-refractivity contribution < 1.29 is 10.2 Å². The second-order valence-corrected chi connectivity index (χ2v) is 2.45. The molecule has 2 N–H and O–H groups in total. The molecular weight excluding hydrogens is 130 g/mol. The van der Waals surface area contributed by atoms with Crippen molar-refractivity contribution in [2.24, 2.45) is 0 Å². The van der Waals surface area contributed by atoms with Crippen LogP contribution in [0.5, 0.6) is 0 Å². The molecule has 1 unspecified atom stereocenters. The van der Waals surface area contributed by atoms with E-state index < -0.39 is 6.10 Å². The molecule has 3 heteroatoms. The molecule has 10 heavy (non-hydrogen) atoms. The van der Waals surface area contributed by atoms with Crippen molar-refractivity contribution in [3.8, 4) is 0 Å². The molecule has 0 radical (unpaired) electrons. The van der Waals surface area contributed by atoms with Crippen LogP contribution in [0.25, 0.3) is 0 Å². The Balaban J connectivity index is 3.56. The molecular formula is C7H15NO2. The zero-order valence-electron chi connectivity index (χ0n) is 6.54. The number of aliphatic hydroxyl groups is 2. The number of aliphatic hydroxyl groups excluding tert-OH is 2. The van der Waals surface area contributed by atoms with Crippen LogP contribution in [0.15, 0.2) is 12.3 Å². The van der Waals surface area contributed by atoms with Crippen molar-refractivity contribution in [1.29, 1.82) is 0 Å². The molecule has 0 aliphatic heterocycles. The van der Waals surface area contributed by atoms with E-state index in [2.05, 4.69) is 6.58 Å². The maximum Gasteiger partial charge on any atom is 0.0945 e. The predicted molar refractivity (Wildman–Crippen MR) is 40.5 cm³/mol. The lowest BCUT2D eigenvalue weighted by molar-refractivity contribution is 0.0744. The highest BCUT2D eigenvalue weighted by Gasteiger charge is 2.04. The third-order valence-electron chi connectivity index (χ3n) is 1.35. The third-order valence-corrected chi connectivity index (χ3v) is 1.35. The molecule has 0 heterocycles. The lowest BCUT2D eigenvalue weighted by atomic mass is 10.3. The van der Waals surface area contributed by atoms with Crippen molar-refractivity contribution in [2.75, 3.05) is 20.2 Å². The summed E-state index contributed by atoms with van der Waals surface area (Å²) in [4.78, 5) is 1.79. The molecule has 0 amide bonds. The van der Waals surface area contributed by atoms with Gasteiger partial charge in [0.1, 0.15) is 0 Å². The van der Waals surface area contributed by atoms with E-state index in [1.807, 2.05) is 14.0 Å². The Kier molecular flexibility index (Phi) is 4.07. The van der Waals surface area contributed by atoms with Crippen LogP contribution in [0.3, 0.4) is 0 Å². The molecule has 0 aliphatic carbocycles. The topological polar surface area (TPSA) is 43.7 Å². The molecule has 0 saturated heterocycles. The van der Waals surface area contributed by atoms with Gasteiger partial charge in [-0.05, 0) is 6.92 Å². The summed E-state index contributed by atoms with van der Waals surface area (Å²) in [6.45, 7) is 5.77. The van der Waals surface area contributed by atoms with Gasteiger partial charge in [-0.15, -0.1) is 0 Å². The molecule has 0 bridgehead atoms. The Morgan fingerprint density at radius 2 is 2.20 bits per heavy atom. The number of allylic oxidation sites excluding steroid dienone is 1. The maximum atomic E-state index is 8.94. The second kappa shape index (κ2) is 4.30. The van der Waals surface area contributed by atoms with Gasteiger partial charge < -0.3 is 15.1 Å². The molecule has 3 nitrogen and oxygen atoms in total. The number of hydrogen-bond acceptors (Lipinski definition) is 3. The van der Waals surface area contributed by atoms with Crippen molar-refractivity contribution in [2.45, 2.75) is 13.0 Å². The molecule has 0 fully saturated rings. The van der Waals surface area contributed by atoms with Gasteiger partial charge >= 0.3 is 0 Å². The molecule has 1 atom stereocenters. The highest BCUT2D eigenvalue weighted by Crippen LogP contribution is 1.96. The third kappa shape index (κ3) is 3.48. The molecule has 0 saturated carbocycles. The summed E-state index contributed by atoms with van der Waals surface area (Å²) in [6, 6.07) is 0. The minimum atomic E-state index is -0.665. The van der Waals surface area contributed by atoms with Gasteiger partial charge in [0.25, 0.3) is 0 Å². The van der Waals surface area contributed by atoms with E-state index in [-0.39, 0.29) is 6.61 Å². The summed E-state index contributed by atoms with van der Waals surface area (Å²) in [7, 11) is 1.82. The van der Waals surface area contributed by atoms with Crippen molar-refractivity contribution in [1.82, 2.24) is 4.90 Å². The number of nitrogens with zero attached hydrogens (tertiary/aromatic N) is 1. The average Bonchev–Trinajstić information content (AvgIpc) is 1.87. The highest BCUT2D eigenvalue weighted by atomic mass is 16.3. The largest absolute Gasteiger partial charge is 0.394 e. The average molecular weight is 145 g/mol. The van der Waals surface area contributed by atoms with E-state index in [4.69, 9.17) is 10.2 Å².